The Morgan fingerprint density at radius 1 is 1.14 bits per heavy atom. The van der Waals surface area contributed by atoms with E-state index in [-0.39, 0.29) is 17.6 Å². The third-order valence-corrected chi connectivity index (χ3v) is 5.60. The lowest BCUT2D eigenvalue weighted by molar-refractivity contribution is -0.148. The van der Waals surface area contributed by atoms with Crippen LogP contribution in [0.3, 0.4) is 0 Å². The Kier molecular flexibility index (Phi) is 5.05. The molecule has 5 heteroatoms. The van der Waals surface area contributed by atoms with Crippen molar-refractivity contribution in [2.75, 3.05) is 46.9 Å². The minimum atomic E-state index is -0.211. The number of piperidine rings is 1. The first-order valence-corrected chi connectivity index (χ1v) is 8.77. The summed E-state index contributed by atoms with van der Waals surface area (Å²) in [4.78, 5) is 16.3. The second-order valence-electron chi connectivity index (χ2n) is 7.42. The number of hydrogen-bond acceptors (Lipinski definition) is 4. The van der Waals surface area contributed by atoms with Crippen LogP contribution in [0.15, 0.2) is 0 Å². The van der Waals surface area contributed by atoms with E-state index in [4.69, 9.17) is 9.47 Å². The summed E-state index contributed by atoms with van der Waals surface area (Å²) in [6.07, 6.45) is 6.28. The molecular formula is C17H30N2O3. The molecule has 1 spiro atoms. The van der Waals surface area contributed by atoms with Crippen LogP contribution in [0.25, 0.3) is 0 Å². The first kappa shape index (κ1) is 16.2. The molecule has 0 N–H and O–H groups in total. The van der Waals surface area contributed by atoms with E-state index in [9.17, 15) is 4.79 Å². The highest BCUT2D eigenvalue weighted by Crippen LogP contribution is 2.39. The van der Waals surface area contributed by atoms with Gasteiger partial charge in [-0.2, -0.15) is 0 Å². The van der Waals surface area contributed by atoms with E-state index in [0.29, 0.717) is 0 Å². The van der Waals surface area contributed by atoms with Crippen LogP contribution < -0.4 is 0 Å². The van der Waals surface area contributed by atoms with Gasteiger partial charge in [0, 0.05) is 46.9 Å². The molecule has 0 aromatic heterocycles. The van der Waals surface area contributed by atoms with E-state index in [2.05, 4.69) is 4.90 Å². The van der Waals surface area contributed by atoms with Gasteiger partial charge >= 0.3 is 0 Å². The quantitative estimate of drug-likeness (QED) is 0.792. The molecule has 3 aliphatic rings. The highest BCUT2D eigenvalue weighted by atomic mass is 16.5. The van der Waals surface area contributed by atoms with Crippen molar-refractivity contribution < 1.29 is 14.3 Å². The molecule has 0 radical (unpaired) electrons. The molecule has 3 fully saturated rings. The highest BCUT2D eigenvalue weighted by Gasteiger charge is 2.45. The SMILES string of the molecule is CN(C)C(=O)C1CCC2(CCN(CC3CCOCC3)CC2)O1. The van der Waals surface area contributed by atoms with Gasteiger partial charge in [-0.3, -0.25) is 4.79 Å². The molecule has 0 aliphatic carbocycles. The van der Waals surface area contributed by atoms with Crippen molar-refractivity contribution in [3.8, 4) is 0 Å². The summed E-state index contributed by atoms with van der Waals surface area (Å²) in [7, 11) is 3.63. The average Bonchev–Trinajstić information content (AvgIpc) is 2.94. The molecule has 1 amide bonds. The van der Waals surface area contributed by atoms with Crippen LogP contribution >= 0.6 is 0 Å². The van der Waals surface area contributed by atoms with Gasteiger partial charge in [-0.1, -0.05) is 0 Å². The molecular weight excluding hydrogens is 280 g/mol. The average molecular weight is 310 g/mol. The number of carbonyl (C=O) groups excluding carboxylic acids is 1. The largest absolute Gasteiger partial charge is 0.381 e. The highest BCUT2D eigenvalue weighted by molar-refractivity contribution is 5.80. The number of rotatable bonds is 3. The maximum atomic E-state index is 12.1. The standard InChI is InChI=1S/C17H30N2O3/c1-18(2)16(20)15-3-6-17(22-15)7-9-19(10-8-17)13-14-4-11-21-12-5-14/h14-15H,3-13H2,1-2H3. The fraction of sp³-hybridized carbons (Fsp3) is 0.941. The van der Waals surface area contributed by atoms with Crippen LogP contribution in [0.5, 0.6) is 0 Å². The Hall–Kier alpha value is -0.650. The van der Waals surface area contributed by atoms with Crippen molar-refractivity contribution >= 4 is 5.91 Å². The predicted octanol–water partition coefficient (Wildman–Crippen LogP) is 1.51. The Morgan fingerprint density at radius 3 is 2.45 bits per heavy atom. The molecule has 3 heterocycles. The van der Waals surface area contributed by atoms with E-state index >= 15 is 0 Å². The van der Waals surface area contributed by atoms with Crippen LogP contribution in [-0.4, -0.2) is 74.4 Å². The van der Waals surface area contributed by atoms with Crippen molar-refractivity contribution in [2.24, 2.45) is 5.92 Å². The number of likely N-dealkylation sites (N-methyl/N-ethyl adjacent to an activating group) is 1. The second-order valence-corrected chi connectivity index (χ2v) is 7.42. The summed E-state index contributed by atoms with van der Waals surface area (Å²) in [5, 5.41) is 0. The van der Waals surface area contributed by atoms with Crippen LogP contribution in [0.1, 0.15) is 38.5 Å². The number of nitrogens with zero attached hydrogens (tertiary/aromatic N) is 2. The van der Waals surface area contributed by atoms with Gasteiger partial charge in [0.2, 0.25) is 0 Å². The first-order valence-electron chi connectivity index (χ1n) is 8.77. The Morgan fingerprint density at radius 2 is 1.82 bits per heavy atom. The zero-order valence-electron chi connectivity index (χ0n) is 14.1. The van der Waals surface area contributed by atoms with Crippen molar-refractivity contribution in [3.63, 3.8) is 0 Å². The Bertz CT molecular complexity index is 385. The van der Waals surface area contributed by atoms with Crippen LogP contribution in [-0.2, 0) is 14.3 Å². The van der Waals surface area contributed by atoms with Crippen LogP contribution in [0, 0.1) is 5.92 Å². The van der Waals surface area contributed by atoms with Gasteiger partial charge in [0.05, 0.1) is 5.60 Å². The zero-order chi connectivity index (χ0) is 15.6. The molecule has 3 aliphatic heterocycles. The van der Waals surface area contributed by atoms with Gasteiger partial charge in [-0.15, -0.1) is 0 Å². The molecule has 0 aromatic carbocycles. The van der Waals surface area contributed by atoms with Crippen LogP contribution in [0.4, 0.5) is 0 Å². The number of hydrogen-bond donors (Lipinski definition) is 0. The smallest absolute Gasteiger partial charge is 0.251 e. The van der Waals surface area contributed by atoms with Crippen molar-refractivity contribution in [1.29, 1.82) is 0 Å². The van der Waals surface area contributed by atoms with E-state index in [1.54, 1.807) is 4.90 Å². The van der Waals surface area contributed by atoms with Gasteiger partial charge in [0.1, 0.15) is 6.10 Å². The fourth-order valence-electron chi connectivity index (χ4n) is 4.08. The zero-order valence-corrected chi connectivity index (χ0v) is 14.1. The minimum Gasteiger partial charge on any atom is -0.381 e. The molecule has 0 aromatic rings. The lowest BCUT2D eigenvalue weighted by Crippen LogP contribution is -2.47. The first-order chi connectivity index (χ1) is 10.6. The van der Waals surface area contributed by atoms with E-state index in [0.717, 1.165) is 57.9 Å². The van der Waals surface area contributed by atoms with Crippen LogP contribution in [0.2, 0.25) is 0 Å². The van der Waals surface area contributed by atoms with Gasteiger partial charge in [-0.25, -0.2) is 0 Å². The topological polar surface area (TPSA) is 42.0 Å². The molecule has 0 saturated carbocycles. The fourth-order valence-corrected chi connectivity index (χ4v) is 4.08. The maximum absolute atomic E-state index is 12.1. The monoisotopic (exact) mass is 310 g/mol. The number of amides is 1. The third-order valence-electron chi connectivity index (χ3n) is 5.60. The van der Waals surface area contributed by atoms with Gasteiger partial charge in [0.15, 0.2) is 0 Å². The van der Waals surface area contributed by atoms with E-state index in [1.165, 1.54) is 19.4 Å². The summed E-state index contributed by atoms with van der Waals surface area (Å²) in [6, 6.07) is 0. The van der Waals surface area contributed by atoms with Crippen molar-refractivity contribution in [1.82, 2.24) is 9.80 Å². The number of carbonyl (C=O) groups is 1. The van der Waals surface area contributed by atoms with E-state index < -0.39 is 0 Å². The van der Waals surface area contributed by atoms with Gasteiger partial charge < -0.3 is 19.3 Å². The number of likely N-dealkylation sites (tertiary alicyclic amines) is 1. The predicted molar refractivity (Wildman–Crippen MR) is 84.7 cm³/mol. The lowest BCUT2D eigenvalue weighted by Gasteiger charge is -2.40. The van der Waals surface area contributed by atoms with Crippen molar-refractivity contribution in [3.05, 3.63) is 0 Å². The Balaban J connectivity index is 1.46. The van der Waals surface area contributed by atoms with Gasteiger partial charge in [0.25, 0.3) is 5.91 Å². The molecule has 0 bridgehead atoms. The summed E-state index contributed by atoms with van der Waals surface area (Å²) in [5.74, 6) is 0.928. The molecule has 1 atom stereocenters. The normalized spacial score (nSPS) is 29.8. The summed E-state index contributed by atoms with van der Waals surface area (Å²) in [5.41, 5.74) is -0.0253. The molecule has 3 saturated heterocycles. The summed E-state index contributed by atoms with van der Waals surface area (Å²) < 4.78 is 11.7. The molecule has 126 valence electrons. The molecule has 1 unspecified atom stereocenters. The number of ether oxygens (including phenoxy) is 2. The third kappa shape index (κ3) is 3.63. The summed E-state index contributed by atoms with van der Waals surface area (Å²) in [6.45, 7) is 5.29. The summed E-state index contributed by atoms with van der Waals surface area (Å²) >= 11 is 0. The lowest BCUT2D eigenvalue weighted by atomic mass is 9.87. The van der Waals surface area contributed by atoms with Crippen molar-refractivity contribution in [2.45, 2.75) is 50.2 Å². The molecule has 5 nitrogen and oxygen atoms in total. The maximum Gasteiger partial charge on any atom is 0.251 e. The van der Waals surface area contributed by atoms with Gasteiger partial charge in [-0.05, 0) is 44.4 Å². The Labute approximate surface area is 133 Å². The molecule has 3 rings (SSSR count). The molecule has 22 heavy (non-hydrogen) atoms. The second kappa shape index (κ2) is 6.85. The minimum absolute atomic E-state index is 0.0253. The van der Waals surface area contributed by atoms with E-state index in [1.807, 2.05) is 14.1 Å².